The van der Waals surface area contributed by atoms with Gasteiger partial charge in [0.1, 0.15) is 0 Å². The van der Waals surface area contributed by atoms with Gasteiger partial charge in [0.25, 0.3) is 0 Å². The van der Waals surface area contributed by atoms with Gasteiger partial charge in [-0.05, 0) is 32.6 Å². The van der Waals surface area contributed by atoms with Gasteiger partial charge in [-0.15, -0.1) is 0 Å². The van der Waals surface area contributed by atoms with Crippen LogP contribution in [0.5, 0.6) is 0 Å². The van der Waals surface area contributed by atoms with Crippen LogP contribution in [0.4, 0.5) is 0 Å². The highest BCUT2D eigenvalue weighted by Crippen LogP contribution is 2.13. The third-order valence-corrected chi connectivity index (χ3v) is 2.69. The highest BCUT2D eigenvalue weighted by Gasteiger charge is 2.16. The van der Waals surface area contributed by atoms with E-state index in [2.05, 4.69) is 41.5 Å². The van der Waals surface area contributed by atoms with E-state index in [4.69, 9.17) is 9.47 Å². The predicted octanol–water partition coefficient (Wildman–Crippen LogP) is 3.45. The first-order valence-corrected chi connectivity index (χ1v) is 5.65. The molecule has 0 spiro atoms. The van der Waals surface area contributed by atoms with Crippen molar-refractivity contribution in [2.75, 3.05) is 0 Å². The molecule has 2 heteroatoms. The Labute approximate surface area is 89.0 Å². The highest BCUT2D eigenvalue weighted by atomic mass is 16.7. The van der Waals surface area contributed by atoms with Crippen LogP contribution in [0.15, 0.2) is 0 Å². The lowest BCUT2D eigenvalue weighted by atomic mass is 10.1. The Hall–Kier alpha value is -0.0800. The van der Waals surface area contributed by atoms with Crippen molar-refractivity contribution in [2.24, 2.45) is 11.8 Å². The third kappa shape index (κ3) is 5.61. The van der Waals surface area contributed by atoms with E-state index in [1.807, 2.05) is 6.92 Å². The molecule has 2 atom stereocenters. The molecule has 0 aliphatic rings. The fourth-order valence-corrected chi connectivity index (χ4v) is 0.951. The zero-order valence-electron chi connectivity index (χ0n) is 10.7. The van der Waals surface area contributed by atoms with Gasteiger partial charge in [-0.25, -0.2) is 0 Å². The summed E-state index contributed by atoms with van der Waals surface area (Å²) in [5.41, 5.74) is 0. The van der Waals surface area contributed by atoms with E-state index in [9.17, 15) is 0 Å². The standard InChI is InChI=1S/C12H26O2/c1-8(2)10(5)13-12(7)14-11(6)9(3)4/h8-12H,1-7H3. The Morgan fingerprint density at radius 2 is 0.857 bits per heavy atom. The lowest BCUT2D eigenvalue weighted by molar-refractivity contribution is -0.192. The summed E-state index contributed by atoms with van der Waals surface area (Å²) in [4.78, 5) is 0. The van der Waals surface area contributed by atoms with Crippen molar-refractivity contribution in [3.63, 3.8) is 0 Å². The van der Waals surface area contributed by atoms with Crippen molar-refractivity contribution in [3.05, 3.63) is 0 Å². The van der Waals surface area contributed by atoms with Crippen LogP contribution in [0.1, 0.15) is 48.5 Å². The van der Waals surface area contributed by atoms with Gasteiger partial charge in [-0.1, -0.05) is 27.7 Å². The first-order valence-electron chi connectivity index (χ1n) is 5.65. The second-order valence-electron chi connectivity index (χ2n) is 4.74. The molecule has 0 fully saturated rings. The fourth-order valence-electron chi connectivity index (χ4n) is 0.951. The first kappa shape index (κ1) is 13.9. The van der Waals surface area contributed by atoms with Gasteiger partial charge in [0.2, 0.25) is 0 Å². The molecule has 0 amide bonds. The molecule has 0 radical (unpaired) electrons. The Balaban J connectivity index is 3.80. The summed E-state index contributed by atoms with van der Waals surface area (Å²) >= 11 is 0. The highest BCUT2D eigenvalue weighted by molar-refractivity contribution is 4.58. The van der Waals surface area contributed by atoms with Gasteiger partial charge in [0.15, 0.2) is 6.29 Å². The zero-order valence-corrected chi connectivity index (χ0v) is 10.7. The predicted molar refractivity (Wildman–Crippen MR) is 60.2 cm³/mol. The SMILES string of the molecule is CC(OC(C)C(C)C)OC(C)C(C)C. The van der Waals surface area contributed by atoms with Crippen LogP contribution < -0.4 is 0 Å². The van der Waals surface area contributed by atoms with Gasteiger partial charge >= 0.3 is 0 Å². The summed E-state index contributed by atoms with van der Waals surface area (Å²) in [6.07, 6.45) is 0.401. The van der Waals surface area contributed by atoms with Gasteiger partial charge in [0, 0.05) is 0 Å². The van der Waals surface area contributed by atoms with E-state index in [0.717, 1.165) is 0 Å². The van der Waals surface area contributed by atoms with Crippen LogP contribution in [0.2, 0.25) is 0 Å². The van der Waals surface area contributed by atoms with Crippen LogP contribution in [-0.4, -0.2) is 18.5 Å². The molecule has 0 aromatic rings. The fraction of sp³-hybridized carbons (Fsp3) is 1.00. The maximum Gasteiger partial charge on any atom is 0.155 e. The van der Waals surface area contributed by atoms with E-state index in [-0.39, 0.29) is 18.5 Å². The van der Waals surface area contributed by atoms with Gasteiger partial charge < -0.3 is 9.47 Å². The van der Waals surface area contributed by atoms with Crippen molar-refractivity contribution in [3.8, 4) is 0 Å². The number of ether oxygens (including phenoxy) is 2. The minimum absolute atomic E-state index is 0.107. The van der Waals surface area contributed by atoms with Gasteiger partial charge in [0.05, 0.1) is 12.2 Å². The van der Waals surface area contributed by atoms with Crippen molar-refractivity contribution in [1.29, 1.82) is 0 Å². The molecular weight excluding hydrogens is 176 g/mol. The van der Waals surface area contributed by atoms with Crippen LogP contribution >= 0.6 is 0 Å². The normalized spacial score (nSPS) is 18.6. The number of hydrogen-bond acceptors (Lipinski definition) is 2. The summed E-state index contributed by atoms with van der Waals surface area (Å²) in [7, 11) is 0. The van der Waals surface area contributed by atoms with Crippen LogP contribution in [-0.2, 0) is 9.47 Å². The summed E-state index contributed by atoms with van der Waals surface area (Å²) in [5.74, 6) is 1.07. The molecule has 0 aliphatic heterocycles. The van der Waals surface area contributed by atoms with Crippen LogP contribution in [0.25, 0.3) is 0 Å². The molecule has 0 heterocycles. The molecule has 0 saturated heterocycles. The van der Waals surface area contributed by atoms with E-state index in [0.29, 0.717) is 11.8 Å². The Kier molecular flexibility index (Phi) is 6.38. The quantitative estimate of drug-likeness (QED) is 0.614. The smallest absolute Gasteiger partial charge is 0.155 e. The summed E-state index contributed by atoms with van der Waals surface area (Å²) in [6.45, 7) is 14.8. The van der Waals surface area contributed by atoms with Crippen molar-refractivity contribution in [2.45, 2.75) is 67.0 Å². The molecule has 0 rings (SSSR count). The van der Waals surface area contributed by atoms with Crippen molar-refractivity contribution >= 4 is 0 Å². The zero-order chi connectivity index (χ0) is 11.3. The van der Waals surface area contributed by atoms with Crippen LogP contribution in [0, 0.1) is 11.8 Å². The number of hydrogen-bond donors (Lipinski definition) is 0. The van der Waals surface area contributed by atoms with Gasteiger partial charge in [-0.3, -0.25) is 0 Å². The van der Waals surface area contributed by atoms with E-state index < -0.39 is 0 Å². The number of rotatable bonds is 6. The minimum atomic E-state index is -0.107. The molecule has 86 valence electrons. The molecule has 2 nitrogen and oxygen atoms in total. The molecule has 0 aliphatic carbocycles. The first-order chi connectivity index (χ1) is 6.34. The average Bonchev–Trinajstić information content (AvgIpc) is 2.03. The van der Waals surface area contributed by atoms with Crippen molar-refractivity contribution in [1.82, 2.24) is 0 Å². The molecular formula is C12H26O2. The van der Waals surface area contributed by atoms with E-state index in [1.165, 1.54) is 0 Å². The summed E-state index contributed by atoms with van der Waals surface area (Å²) < 4.78 is 11.4. The Morgan fingerprint density at radius 3 is 1.07 bits per heavy atom. The van der Waals surface area contributed by atoms with E-state index >= 15 is 0 Å². The largest absolute Gasteiger partial charge is 0.350 e. The third-order valence-electron chi connectivity index (χ3n) is 2.69. The van der Waals surface area contributed by atoms with Gasteiger partial charge in [-0.2, -0.15) is 0 Å². The maximum atomic E-state index is 5.71. The molecule has 0 aromatic heterocycles. The lowest BCUT2D eigenvalue weighted by Crippen LogP contribution is -2.28. The Morgan fingerprint density at radius 1 is 0.571 bits per heavy atom. The molecule has 0 bridgehead atoms. The monoisotopic (exact) mass is 202 g/mol. The molecule has 0 aromatic carbocycles. The molecule has 0 N–H and O–H groups in total. The van der Waals surface area contributed by atoms with E-state index in [1.54, 1.807) is 0 Å². The summed E-state index contributed by atoms with van der Waals surface area (Å²) in [5, 5.41) is 0. The maximum absolute atomic E-state index is 5.71. The topological polar surface area (TPSA) is 18.5 Å². The lowest BCUT2D eigenvalue weighted by Gasteiger charge is -2.26. The molecule has 0 saturated carbocycles. The summed E-state index contributed by atoms with van der Waals surface area (Å²) in [6, 6.07) is 0. The molecule has 14 heavy (non-hydrogen) atoms. The van der Waals surface area contributed by atoms with Crippen LogP contribution in [0.3, 0.4) is 0 Å². The minimum Gasteiger partial charge on any atom is -0.350 e. The van der Waals surface area contributed by atoms with Crippen molar-refractivity contribution < 1.29 is 9.47 Å². The molecule has 2 unspecified atom stereocenters. The Bertz CT molecular complexity index is 127. The second-order valence-corrected chi connectivity index (χ2v) is 4.74. The second kappa shape index (κ2) is 6.41. The average molecular weight is 202 g/mol.